The van der Waals surface area contributed by atoms with Gasteiger partial charge in [0, 0.05) is 37.2 Å². The van der Waals surface area contributed by atoms with Crippen molar-refractivity contribution in [1.82, 2.24) is 0 Å². The first-order valence-electron chi connectivity index (χ1n) is 16.0. The molecule has 1 aromatic heterocycles. The minimum Gasteiger partial charge on any atom is -0.310 e. The Morgan fingerprint density at radius 2 is 1.02 bits per heavy atom. The summed E-state index contributed by atoms with van der Waals surface area (Å²) in [5, 5.41) is 10.3. The molecule has 0 atom stereocenters. The van der Waals surface area contributed by atoms with Gasteiger partial charge >= 0.3 is 0 Å². The SMILES string of the molecule is C=C(C)c1ccc(N(c2cccc(-c3cccc4c3sc3ccccc34)c2)c2ccc3c4ccccc4c4ccccc4c3c2)cc1. The standard InChI is InChI=1S/C45H31NS/c1-29(2)30-21-23-32(24-22-30)46(34-25-26-40-38-15-4-3-13-36(38)37-14-5-6-16-39(37)43(40)28-34)33-12-9-11-31(27-33)35-18-10-19-42-41-17-7-8-20-44(41)47-45(35)42/h3-28H,1H2,2H3. The molecule has 0 radical (unpaired) electrons. The molecule has 9 aromatic rings. The highest BCUT2D eigenvalue weighted by molar-refractivity contribution is 7.26. The lowest BCUT2D eigenvalue weighted by Crippen LogP contribution is -2.10. The van der Waals surface area contributed by atoms with Crippen LogP contribution in [-0.2, 0) is 0 Å². The van der Waals surface area contributed by atoms with E-state index in [1.807, 2.05) is 11.3 Å². The Labute approximate surface area is 278 Å². The number of rotatable bonds is 5. The molecule has 0 saturated carbocycles. The normalized spacial score (nSPS) is 11.6. The zero-order valence-electron chi connectivity index (χ0n) is 26.1. The largest absolute Gasteiger partial charge is 0.310 e. The third-order valence-electron chi connectivity index (χ3n) is 9.42. The fourth-order valence-electron chi connectivity index (χ4n) is 7.16. The van der Waals surface area contributed by atoms with Crippen LogP contribution in [0.5, 0.6) is 0 Å². The minimum absolute atomic E-state index is 1.06. The molecule has 1 heterocycles. The highest BCUT2D eigenvalue weighted by Crippen LogP contribution is 2.44. The predicted octanol–water partition coefficient (Wildman–Crippen LogP) is 13.7. The molecule has 0 fully saturated rings. The van der Waals surface area contributed by atoms with Crippen LogP contribution in [0.4, 0.5) is 17.1 Å². The van der Waals surface area contributed by atoms with Crippen LogP contribution < -0.4 is 4.90 Å². The summed E-state index contributed by atoms with van der Waals surface area (Å²) in [7, 11) is 0. The Kier molecular flexibility index (Phi) is 6.45. The molecule has 0 aliphatic heterocycles. The van der Waals surface area contributed by atoms with Crippen LogP contribution in [0.25, 0.3) is 69.2 Å². The van der Waals surface area contributed by atoms with Gasteiger partial charge in [-0.1, -0.05) is 127 Å². The molecule has 0 spiro atoms. The zero-order valence-corrected chi connectivity index (χ0v) is 26.9. The summed E-state index contributed by atoms with van der Waals surface area (Å²) in [5.74, 6) is 0. The fraction of sp³-hybridized carbons (Fsp3) is 0.0222. The van der Waals surface area contributed by atoms with Gasteiger partial charge in [-0.3, -0.25) is 0 Å². The molecule has 47 heavy (non-hydrogen) atoms. The Hall–Kier alpha value is -5.70. The number of hydrogen-bond acceptors (Lipinski definition) is 2. The fourth-order valence-corrected chi connectivity index (χ4v) is 8.40. The Morgan fingerprint density at radius 1 is 0.468 bits per heavy atom. The predicted molar refractivity (Wildman–Crippen MR) is 207 cm³/mol. The number of nitrogens with zero attached hydrogens (tertiary/aromatic N) is 1. The van der Waals surface area contributed by atoms with Gasteiger partial charge in [-0.05, 0) is 98.4 Å². The maximum absolute atomic E-state index is 4.18. The molecule has 2 heteroatoms. The van der Waals surface area contributed by atoms with E-state index in [0.717, 1.165) is 28.2 Å². The Bertz CT molecular complexity index is 2620. The molecule has 0 saturated heterocycles. The van der Waals surface area contributed by atoms with E-state index in [2.05, 4.69) is 176 Å². The molecule has 0 unspecified atom stereocenters. The molecule has 0 amide bonds. The van der Waals surface area contributed by atoms with E-state index in [-0.39, 0.29) is 0 Å². The number of anilines is 3. The second-order valence-corrected chi connectivity index (χ2v) is 13.4. The smallest absolute Gasteiger partial charge is 0.0468 e. The van der Waals surface area contributed by atoms with Crippen LogP contribution in [0.1, 0.15) is 12.5 Å². The number of allylic oxidation sites excluding steroid dienone is 1. The van der Waals surface area contributed by atoms with E-state index in [1.165, 1.54) is 63.6 Å². The van der Waals surface area contributed by atoms with Gasteiger partial charge < -0.3 is 4.90 Å². The van der Waals surface area contributed by atoms with E-state index >= 15 is 0 Å². The molecule has 1 nitrogen and oxygen atoms in total. The summed E-state index contributed by atoms with van der Waals surface area (Å²) in [6.07, 6.45) is 0. The lowest BCUT2D eigenvalue weighted by molar-refractivity contribution is 1.29. The van der Waals surface area contributed by atoms with Crippen molar-refractivity contribution in [2.45, 2.75) is 6.92 Å². The summed E-state index contributed by atoms with van der Waals surface area (Å²) in [4.78, 5) is 2.39. The third-order valence-corrected chi connectivity index (χ3v) is 10.6. The first-order valence-corrected chi connectivity index (χ1v) is 16.9. The summed E-state index contributed by atoms with van der Waals surface area (Å²) >= 11 is 1.88. The van der Waals surface area contributed by atoms with Gasteiger partial charge in [-0.2, -0.15) is 0 Å². The summed E-state index contributed by atoms with van der Waals surface area (Å²) in [5.41, 5.74) is 8.03. The van der Waals surface area contributed by atoms with Gasteiger partial charge in [0.2, 0.25) is 0 Å². The summed E-state index contributed by atoms with van der Waals surface area (Å²) in [6.45, 7) is 6.24. The topological polar surface area (TPSA) is 3.24 Å². The van der Waals surface area contributed by atoms with Crippen molar-refractivity contribution in [2.75, 3.05) is 4.90 Å². The van der Waals surface area contributed by atoms with Crippen LogP contribution in [0.3, 0.4) is 0 Å². The maximum atomic E-state index is 4.18. The second kappa shape index (κ2) is 11.0. The molecule has 8 aromatic carbocycles. The molecular weight excluding hydrogens is 587 g/mol. The third kappa shape index (κ3) is 4.52. The van der Waals surface area contributed by atoms with Gasteiger partial charge in [0.05, 0.1) is 0 Å². The highest BCUT2D eigenvalue weighted by Gasteiger charge is 2.17. The van der Waals surface area contributed by atoms with E-state index < -0.39 is 0 Å². The van der Waals surface area contributed by atoms with Crippen molar-refractivity contribution < 1.29 is 0 Å². The monoisotopic (exact) mass is 617 g/mol. The van der Waals surface area contributed by atoms with Crippen molar-refractivity contribution in [2.24, 2.45) is 0 Å². The number of fused-ring (bicyclic) bond motifs is 9. The van der Waals surface area contributed by atoms with Gasteiger partial charge in [-0.15, -0.1) is 11.3 Å². The average molecular weight is 618 g/mol. The highest BCUT2D eigenvalue weighted by atomic mass is 32.1. The van der Waals surface area contributed by atoms with Crippen molar-refractivity contribution in [1.29, 1.82) is 0 Å². The van der Waals surface area contributed by atoms with Gasteiger partial charge in [0.15, 0.2) is 0 Å². The molecule has 0 aliphatic carbocycles. The number of thiophene rings is 1. The zero-order chi connectivity index (χ0) is 31.5. The number of benzene rings is 8. The van der Waals surface area contributed by atoms with E-state index in [0.29, 0.717) is 0 Å². The van der Waals surface area contributed by atoms with Crippen LogP contribution in [0.15, 0.2) is 164 Å². The van der Waals surface area contributed by atoms with Crippen molar-refractivity contribution in [3.05, 3.63) is 170 Å². The van der Waals surface area contributed by atoms with Crippen LogP contribution in [-0.4, -0.2) is 0 Å². The van der Waals surface area contributed by atoms with E-state index in [1.54, 1.807) is 0 Å². The minimum atomic E-state index is 1.06. The van der Waals surface area contributed by atoms with Crippen LogP contribution >= 0.6 is 11.3 Å². The first-order chi connectivity index (χ1) is 23.1. The lowest BCUT2D eigenvalue weighted by atomic mass is 9.94. The molecule has 0 N–H and O–H groups in total. The van der Waals surface area contributed by atoms with Gasteiger partial charge in [-0.25, -0.2) is 0 Å². The molecule has 222 valence electrons. The Balaban J connectivity index is 1.27. The summed E-state index contributed by atoms with van der Waals surface area (Å²) in [6, 6.07) is 57.7. The van der Waals surface area contributed by atoms with E-state index in [9.17, 15) is 0 Å². The maximum Gasteiger partial charge on any atom is 0.0468 e. The van der Waals surface area contributed by atoms with Crippen molar-refractivity contribution in [3.63, 3.8) is 0 Å². The first kappa shape index (κ1) is 27.6. The Morgan fingerprint density at radius 3 is 1.72 bits per heavy atom. The second-order valence-electron chi connectivity index (χ2n) is 12.3. The van der Waals surface area contributed by atoms with Crippen LogP contribution in [0.2, 0.25) is 0 Å². The lowest BCUT2D eigenvalue weighted by Gasteiger charge is -2.27. The molecular formula is C45H31NS. The molecule has 0 bridgehead atoms. The quantitative estimate of drug-likeness (QED) is 0.174. The molecule has 0 aliphatic rings. The van der Waals surface area contributed by atoms with Crippen LogP contribution in [0, 0.1) is 0 Å². The number of hydrogen-bond donors (Lipinski definition) is 0. The molecule has 9 rings (SSSR count). The summed E-state index contributed by atoms with van der Waals surface area (Å²) < 4.78 is 2.65. The van der Waals surface area contributed by atoms with E-state index in [4.69, 9.17) is 0 Å². The van der Waals surface area contributed by atoms with Gasteiger partial charge in [0.1, 0.15) is 0 Å². The van der Waals surface area contributed by atoms with Crippen molar-refractivity contribution in [3.8, 4) is 11.1 Å². The average Bonchev–Trinajstić information content (AvgIpc) is 3.51. The van der Waals surface area contributed by atoms with Gasteiger partial charge in [0.25, 0.3) is 0 Å². The van der Waals surface area contributed by atoms with Crippen molar-refractivity contribution >= 4 is 86.5 Å².